The zero-order valence-corrected chi connectivity index (χ0v) is 11.9. The Hall–Kier alpha value is -0.860. The van der Waals surface area contributed by atoms with Crippen molar-refractivity contribution in [3.63, 3.8) is 0 Å². The monoisotopic (exact) mass is 246 g/mol. The van der Waals surface area contributed by atoms with Gasteiger partial charge in [-0.25, -0.2) is 0 Å². The first kappa shape index (κ1) is 13.6. The second kappa shape index (κ2) is 6.35. The Kier molecular flexibility index (Phi) is 4.79. The fourth-order valence-corrected chi connectivity index (χ4v) is 2.89. The predicted octanol–water partition coefficient (Wildman–Crippen LogP) is 2.99. The Morgan fingerprint density at radius 2 is 2.17 bits per heavy atom. The van der Waals surface area contributed by atoms with E-state index in [-0.39, 0.29) is 0 Å². The Labute approximate surface area is 111 Å². The first-order valence-corrected chi connectivity index (χ1v) is 7.22. The third-order valence-electron chi connectivity index (χ3n) is 4.18. The van der Waals surface area contributed by atoms with E-state index >= 15 is 0 Å². The van der Waals surface area contributed by atoms with Gasteiger partial charge in [0, 0.05) is 12.6 Å². The topological polar surface area (TPSA) is 15.3 Å². The van der Waals surface area contributed by atoms with Crippen molar-refractivity contribution in [2.75, 3.05) is 26.2 Å². The number of hydrogen-bond donors (Lipinski definition) is 1. The molecule has 0 amide bonds. The van der Waals surface area contributed by atoms with Crippen LogP contribution in [0.15, 0.2) is 24.3 Å². The lowest BCUT2D eigenvalue weighted by atomic mass is 10.0. The third kappa shape index (κ3) is 3.33. The van der Waals surface area contributed by atoms with Gasteiger partial charge in [-0.2, -0.15) is 0 Å². The van der Waals surface area contributed by atoms with Gasteiger partial charge < -0.3 is 10.2 Å². The summed E-state index contributed by atoms with van der Waals surface area (Å²) in [5, 5.41) is 3.70. The summed E-state index contributed by atoms with van der Waals surface area (Å²) in [6, 6.07) is 9.14. The molecule has 1 aromatic rings. The van der Waals surface area contributed by atoms with Crippen molar-refractivity contribution in [3.05, 3.63) is 35.4 Å². The largest absolute Gasteiger partial charge is 0.310 e. The molecule has 1 N–H and O–H groups in total. The molecule has 2 nitrogen and oxygen atoms in total. The summed E-state index contributed by atoms with van der Waals surface area (Å²) in [5.41, 5.74) is 2.82. The highest BCUT2D eigenvalue weighted by Crippen LogP contribution is 2.19. The van der Waals surface area contributed by atoms with Crippen LogP contribution in [0.1, 0.15) is 37.4 Å². The van der Waals surface area contributed by atoms with Crippen LogP contribution in [0.3, 0.4) is 0 Å². The van der Waals surface area contributed by atoms with Gasteiger partial charge in [-0.05, 0) is 56.9 Å². The highest BCUT2D eigenvalue weighted by atomic mass is 15.1. The van der Waals surface area contributed by atoms with Crippen molar-refractivity contribution in [1.29, 1.82) is 0 Å². The number of rotatable bonds is 5. The van der Waals surface area contributed by atoms with Gasteiger partial charge in [-0.3, -0.25) is 0 Å². The number of aryl methyl sites for hydroxylation is 1. The Bertz CT molecular complexity index is 375. The fourth-order valence-electron chi connectivity index (χ4n) is 2.89. The quantitative estimate of drug-likeness (QED) is 0.859. The van der Waals surface area contributed by atoms with Crippen LogP contribution in [-0.2, 0) is 0 Å². The van der Waals surface area contributed by atoms with Gasteiger partial charge in [0.2, 0.25) is 0 Å². The summed E-state index contributed by atoms with van der Waals surface area (Å²) in [7, 11) is 0. The van der Waals surface area contributed by atoms with Gasteiger partial charge in [-0.1, -0.05) is 31.2 Å². The van der Waals surface area contributed by atoms with Crippen LogP contribution in [0.4, 0.5) is 0 Å². The standard InChI is InChI=1S/C16H26N2/c1-4-18-10-9-15(12-18)11-17-14(3)16-8-6-5-7-13(16)2/h5-8,14-15,17H,4,9-12H2,1-3H3. The normalized spacial score (nSPS) is 22.3. The molecule has 1 saturated heterocycles. The summed E-state index contributed by atoms with van der Waals surface area (Å²) in [5.74, 6) is 0.830. The molecule has 1 heterocycles. The fraction of sp³-hybridized carbons (Fsp3) is 0.625. The Balaban J connectivity index is 1.82. The molecule has 0 bridgehead atoms. The molecule has 1 aliphatic heterocycles. The molecule has 1 aromatic carbocycles. The van der Waals surface area contributed by atoms with Crippen LogP contribution in [0.2, 0.25) is 0 Å². The van der Waals surface area contributed by atoms with E-state index in [1.165, 1.54) is 37.2 Å². The molecule has 0 saturated carbocycles. The first-order valence-electron chi connectivity index (χ1n) is 7.22. The molecule has 2 rings (SSSR count). The van der Waals surface area contributed by atoms with Gasteiger partial charge in [0.15, 0.2) is 0 Å². The summed E-state index contributed by atoms with van der Waals surface area (Å²) >= 11 is 0. The maximum Gasteiger partial charge on any atom is 0.0294 e. The van der Waals surface area contributed by atoms with E-state index in [1.54, 1.807) is 0 Å². The number of hydrogen-bond acceptors (Lipinski definition) is 2. The molecule has 18 heavy (non-hydrogen) atoms. The maximum atomic E-state index is 3.70. The molecule has 1 aliphatic rings. The molecular weight excluding hydrogens is 220 g/mol. The minimum atomic E-state index is 0.460. The number of benzene rings is 1. The smallest absolute Gasteiger partial charge is 0.0294 e. The summed E-state index contributed by atoms with van der Waals surface area (Å²) in [6.07, 6.45) is 1.35. The van der Waals surface area contributed by atoms with Crippen LogP contribution in [-0.4, -0.2) is 31.1 Å². The molecule has 0 radical (unpaired) electrons. The minimum Gasteiger partial charge on any atom is -0.310 e. The lowest BCUT2D eigenvalue weighted by molar-refractivity contribution is 0.336. The van der Waals surface area contributed by atoms with Gasteiger partial charge >= 0.3 is 0 Å². The molecule has 2 heteroatoms. The van der Waals surface area contributed by atoms with Crippen LogP contribution in [0.5, 0.6) is 0 Å². The lowest BCUT2D eigenvalue weighted by Gasteiger charge is -2.19. The molecule has 100 valence electrons. The average molecular weight is 246 g/mol. The molecule has 2 atom stereocenters. The van der Waals surface area contributed by atoms with Crippen LogP contribution >= 0.6 is 0 Å². The minimum absolute atomic E-state index is 0.460. The van der Waals surface area contributed by atoms with Crippen LogP contribution in [0.25, 0.3) is 0 Å². The van der Waals surface area contributed by atoms with E-state index in [0.717, 1.165) is 12.5 Å². The van der Waals surface area contributed by atoms with E-state index < -0.39 is 0 Å². The van der Waals surface area contributed by atoms with Crippen molar-refractivity contribution in [2.24, 2.45) is 5.92 Å². The first-order chi connectivity index (χ1) is 8.70. The van der Waals surface area contributed by atoms with Crippen molar-refractivity contribution >= 4 is 0 Å². The lowest BCUT2D eigenvalue weighted by Crippen LogP contribution is -2.28. The van der Waals surface area contributed by atoms with Gasteiger partial charge in [-0.15, -0.1) is 0 Å². The number of nitrogens with one attached hydrogen (secondary N) is 1. The average Bonchev–Trinajstić information content (AvgIpc) is 2.84. The van der Waals surface area contributed by atoms with Crippen molar-refractivity contribution in [2.45, 2.75) is 33.2 Å². The molecular formula is C16H26N2. The van der Waals surface area contributed by atoms with Gasteiger partial charge in [0.25, 0.3) is 0 Å². The second-order valence-corrected chi connectivity index (χ2v) is 5.53. The van der Waals surface area contributed by atoms with Gasteiger partial charge in [0.1, 0.15) is 0 Å². The molecule has 2 unspecified atom stereocenters. The summed E-state index contributed by atoms with van der Waals surface area (Å²) in [6.45, 7) is 11.6. The zero-order chi connectivity index (χ0) is 13.0. The van der Waals surface area contributed by atoms with Crippen molar-refractivity contribution < 1.29 is 0 Å². The maximum absolute atomic E-state index is 3.70. The van der Waals surface area contributed by atoms with Crippen molar-refractivity contribution in [3.8, 4) is 0 Å². The van der Waals surface area contributed by atoms with E-state index in [0.29, 0.717) is 6.04 Å². The molecule has 0 aliphatic carbocycles. The SMILES string of the molecule is CCN1CCC(CNC(C)c2ccccc2C)C1. The van der Waals surface area contributed by atoms with E-state index in [1.807, 2.05) is 0 Å². The third-order valence-corrected chi connectivity index (χ3v) is 4.18. The van der Waals surface area contributed by atoms with E-state index in [9.17, 15) is 0 Å². The van der Waals surface area contributed by atoms with Gasteiger partial charge in [0.05, 0.1) is 0 Å². The summed E-state index contributed by atoms with van der Waals surface area (Å²) in [4.78, 5) is 2.55. The van der Waals surface area contributed by atoms with E-state index in [4.69, 9.17) is 0 Å². The van der Waals surface area contributed by atoms with Crippen LogP contribution in [0, 0.1) is 12.8 Å². The van der Waals surface area contributed by atoms with Crippen LogP contribution < -0.4 is 5.32 Å². The highest BCUT2D eigenvalue weighted by molar-refractivity contribution is 5.28. The molecule has 1 fully saturated rings. The second-order valence-electron chi connectivity index (χ2n) is 5.53. The Morgan fingerprint density at radius 3 is 2.83 bits per heavy atom. The number of nitrogens with zero attached hydrogens (tertiary/aromatic N) is 1. The Morgan fingerprint density at radius 1 is 1.39 bits per heavy atom. The highest BCUT2D eigenvalue weighted by Gasteiger charge is 2.21. The molecule has 0 aromatic heterocycles. The molecule has 0 spiro atoms. The number of likely N-dealkylation sites (tertiary alicyclic amines) is 1. The van der Waals surface area contributed by atoms with E-state index in [2.05, 4.69) is 55.3 Å². The van der Waals surface area contributed by atoms with Crippen molar-refractivity contribution in [1.82, 2.24) is 10.2 Å². The zero-order valence-electron chi connectivity index (χ0n) is 11.9. The summed E-state index contributed by atoms with van der Waals surface area (Å²) < 4.78 is 0. The predicted molar refractivity (Wildman–Crippen MR) is 77.8 cm³/mol.